The number of amides is 1. The van der Waals surface area contributed by atoms with Crippen LogP contribution in [-0.2, 0) is 14.8 Å². The molecule has 1 amide bonds. The van der Waals surface area contributed by atoms with E-state index >= 15 is 0 Å². The molecule has 0 radical (unpaired) electrons. The normalized spacial score (nSPS) is 22.0. The molecule has 1 aromatic heterocycles. The third-order valence-electron chi connectivity index (χ3n) is 5.73. The second-order valence-corrected chi connectivity index (χ2v) is 9.80. The first kappa shape index (κ1) is 19.4. The highest BCUT2D eigenvalue weighted by molar-refractivity contribution is 7.89. The molecule has 28 heavy (non-hydrogen) atoms. The van der Waals surface area contributed by atoms with Crippen LogP contribution >= 0.6 is 0 Å². The second kappa shape index (κ2) is 7.85. The number of H-pyrrole nitrogens is 1. The Kier molecular flexibility index (Phi) is 5.44. The minimum Gasteiger partial charge on any atom is -0.376 e. The van der Waals surface area contributed by atoms with E-state index in [-0.39, 0.29) is 16.9 Å². The Balaban J connectivity index is 1.50. The van der Waals surface area contributed by atoms with Crippen molar-refractivity contribution in [1.82, 2.24) is 14.6 Å². The fourth-order valence-electron chi connectivity index (χ4n) is 3.87. The molecule has 4 rings (SSSR count). The monoisotopic (exact) mass is 405 g/mol. The molecule has 3 heterocycles. The molecule has 152 valence electrons. The van der Waals surface area contributed by atoms with Gasteiger partial charge in [0.2, 0.25) is 10.0 Å². The van der Waals surface area contributed by atoms with Crippen LogP contribution in [0.4, 0.5) is 0 Å². The second-order valence-electron chi connectivity index (χ2n) is 7.86. The molecule has 0 aliphatic carbocycles. The Morgan fingerprint density at radius 3 is 2.75 bits per heavy atom. The van der Waals surface area contributed by atoms with Crippen LogP contribution in [0.2, 0.25) is 0 Å². The first-order valence-electron chi connectivity index (χ1n) is 9.96. The summed E-state index contributed by atoms with van der Waals surface area (Å²) in [6.07, 6.45) is 3.85. The molecule has 1 atom stereocenters. The highest BCUT2D eigenvalue weighted by Crippen LogP contribution is 2.26. The number of piperidine rings is 1. The Hall–Kier alpha value is -1.90. The van der Waals surface area contributed by atoms with Gasteiger partial charge in [-0.05, 0) is 55.9 Å². The molecular weight excluding hydrogens is 378 g/mol. The fraction of sp³-hybridized carbons (Fsp3) is 0.550. The Morgan fingerprint density at radius 2 is 2.04 bits per heavy atom. The lowest BCUT2D eigenvalue weighted by atomic mass is 10.0. The number of hydrogen-bond donors (Lipinski definition) is 2. The minimum absolute atomic E-state index is 0.0809. The summed E-state index contributed by atoms with van der Waals surface area (Å²) < 4.78 is 33.0. The maximum atomic E-state index is 13.0. The van der Waals surface area contributed by atoms with Gasteiger partial charge in [-0.15, -0.1) is 0 Å². The van der Waals surface area contributed by atoms with Gasteiger partial charge in [0.05, 0.1) is 11.0 Å². The molecule has 7 nitrogen and oxygen atoms in total. The van der Waals surface area contributed by atoms with E-state index in [1.807, 2.05) is 0 Å². The fourth-order valence-corrected chi connectivity index (χ4v) is 5.38. The van der Waals surface area contributed by atoms with Crippen LogP contribution in [-0.4, -0.2) is 56.0 Å². The Morgan fingerprint density at radius 1 is 1.25 bits per heavy atom. The molecule has 2 fully saturated rings. The standard InChI is InChI=1S/C20H27N3O4S/c1-14-6-8-23(9-7-14)28(25,26)17-4-5-18-15(11-17)12-19(22-18)20(24)21-13-16-3-2-10-27-16/h4-5,11-12,14,16,22H,2-3,6-10,13H2,1H3,(H,21,24). The summed E-state index contributed by atoms with van der Waals surface area (Å²) in [5, 5.41) is 3.60. The number of fused-ring (bicyclic) bond motifs is 1. The third kappa shape index (κ3) is 3.94. The van der Waals surface area contributed by atoms with Crippen LogP contribution in [0.1, 0.15) is 43.1 Å². The number of rotatable bonds is 5. The van der Waals surface area contributed by atoms with E-state index in [1.54, 1.807) is 28.6 Å². The number of hydrogen-bond acceptors (Lipinski definition) is 4. The van der Waals surface area contributed by atoms with Crippen LogP contribution < -0.4 is 5.32 Å². The number of carbonyl (C=O) groups is 1. The van der Waals surface area contributed by atoms with Gasteiger partial charge >= 0.3 is 0 Å². The van der Waals surface area contributed by atoms with E-state index in [9.17, 15) is 13.2 Å². The van der Waals surface area contributed by atoms with Gasteiger partial charge in [-0.25, -0.2) is 8.42 Å². The summed E-state index contributed by atoms with van der Waals surface area (Å²) in [6.45, 7) is 4.51. The van der Waals surface area contributed by atoms with E-state index < -0.39 is 10.0 Å². The Labute approximate surface area is 165 Å². The molecule has 2 aliphatic rings. The summed E-state index contributed by atoms with van der Waals surface area (Å²) in [5.74, 6) is 0.357. The van der Waals surface area contributed by atoms with Crippen molar-refractivity contribution in [2.45, 2.75) is 43.6 Å². The van der Waals surface area contributed by atoms with Crippen molar-refractivity contribution in [3.8, 4) is 0 Å². The maximum absolute atomic E-state index is 13.0. The SMILES string of the molecule is CC1CCN(S(=O)(=O)c2ccc3[nH]c(C(=O)NCC4CCCO4)cc3c2)CC1. The van der Waals surface area contributed by atoms with Crippen molar-refractivity contribution >= 4 is 26.8 Å². The maximum Gasteiger partial charge on any atom is 0.267 e. The van der Waals surface area contributed by atoms with Gasteiger partial charge in [0.15, 0.2) is 0 Å². The highest BCUT2D eigenvalue weighted by Gasteiger charge is 2.28. The van der Waals surface area contributed by atoms with Crippen LogP contribution in [0.3, 0.4) is 0 Å². The van der Waals surface area contributed by atoms with Gasteiger partial charge < -0.3 is 15.0 Å². The first-order chi connectivity index (χ1) is 13.4. The average Bonchev–Trinajstić information content (AvgIpc) is 3.35. The van der Waals surface area contributed by atoms with Gasteiger partial charge in [-0.2, -0.15) is 4.31 Å². The number of sulfonamides is 1. The summed E-state index contributed by atoms with van der Waals surface area (Å²) in [6, 6.07) is 6.69. The lowest BCUT2D eigenvalue weighted by Gasteiger charge is -2.29. The quantitative estimate of drug-likeness (QED) is 0.800. The molecule has 8 heteroatoms. The molecule has 2 aliphatic heterocycles. The number of aromatic nitrogens is 1. The van der Waals surface area contributed by atoms with Crippen molar-refractivity contribution in [2.24, 2.45) is 5.92 Å². The largest absolute Gasteiger partial charge is 0.376 e. The highest BCUT2D eigenvalue weighted by atomic mass is 32.2. The molecule has 1 unspecified atom stereocenters. The summed E-state index contributed by atoms with van der Waals surface area (Å²) >= 11 is 0. The van der Waals surface area contributed by atoms with E-state index in [0.29, 0.717) is 36.6 Å². The van der Waals surface area contributed by atoms with Crippen molar-refractivity contribution < 1.29 is 17.9 Å². The van der Waals surface area contributed by atoms with Gasteiger partial charge in [-0.3, -0.25) is 4.79 Å². The number of nitrogens with zero attached hydrogens (tertiary/aromatic N) is 1. The van der Waals surface area contributed by atoms with Gasteiger partial charge in [-0.1, -0.05) is 6.92 Å². The van der Waals surface area contributed by atoms with Crippen LogP contribution in [0.25, 0.3) is 10.9 Å². The van der Waals surface area contributed by atoms with Crippen LogP contribution in [0, 0.1) is 5.92 Å². The van der Waals surface area contributed by atoms with E-state index in [2.05, 4.69) is 17.2 Å². The number of benzene rings is 1. The Bertz CT molecular complexity index is 955. The van der Waals surface area contributed by atoms with E-state index in [0.717, 1.165) is 37.8 Å². The summed E-state index contributed by atoms with van der Waals surface area (Å²) in [7, 11) is -3.51. The van der Waals surface area contributed by atoms with E-state index in [4.69, 9.17) is 4.74 Å². The molecule has 0 saturated carbocycles. The zero-order chi connectivity index (χ0) is 19.7. The van der Waals surface area contributed by atoms with E-state index in [1.165, 1.54) is 0 Å². The first-order valence-corrected chi connectivity index (χ1v) is 11.4. The lowest BCUT2D eigenvalue weighted by molar-refractivity contribution is 0.0854. The average molecular weight is 406 g/mol. The summed E-state index contributed by atoms with van der Waals surface area (Å²) in [5.41, 5.74) is 1.17. The topological polar surface area (TPSA) is 91.5 Å². The number of ether oxygens (including phenoxy) is 1. The number of nitrogens with one attached hydrogen (secondary N) is 2. The number of aromatic amines is 1. The third-order valence-corrected chi connectivity index (χ3v) is 7.63. The minimum atomic E-state index is -3.51. The summed E-state index contributed by atoms with van der Waals surface area (Å²) in [4.78, 5) is 15.8. The molecule has 2 saturated heterocycles. The molecule has 1 aromatic carbocycles. The molecule has 0 bridgehead atoms. The molecule has 2 N–H and O–H groups in total. The van der Waals surface area contributed by atoms with Crippen molar-refractivity contribution in [3.63, 3.8) is 0 Å². The predicted octanol–water partition coefficient (Wildman–Crippen LogP) is 2.50. The molecular formula is C20H27N3O4S. The smallest absolute Gasteiger partial charge is 0.267 e. The van der Waals surface area contributed by atoms with Gasteiger partial charge in [0, 0.05) is 37.1 Å². The molecule has 0 spiro atoms. The van der Waals surface area contributed by atoms with Gasteiger partial charge in [0.25, 0.3) is 5.91 Å². The number of carbonyl (C=O) groups excluding carboxylic acids is 1. The van der Waals surface area contributed by atoms with Crippen molar-refractivity contribution in [1.29, 1.82) is 0 Å². The van der Waals surface area contributed by atoms with Gasteiger partial charge in [0.1, 0.15) is 5.69 Å². The predicted molar refractivity (Wildman–Crippen MR) is 107 cm³/mol. The zero-order valence-corrected chi connectivity index (χ0v) is 16.9. The zero-order valence-electron chi connectivity index (χ0n) is 16.1. The molecule has 2 aromatic rings. The van der Waals surface area contributed by atoms with Crippen LogP contribution in [0.15, 0.2) is 29.2 Å². The van der Waals surface area contributed by atoms with Crippen molar-refractivity contribution in [2.75, 3.05) is 26.2 Å². The lowest BCUT2D eigenvalue weighted by Crippen LogP contribution is -2.37. The van der Waals surface area contributed by atoms with Crippen LogP contribution in [0.5, 0.6) is 0 Å². The van der Waals surface area contributed by atoms with Crippen molar-refractivity contribution in [3.05, 3.63) is 30.0 Å².